The summed E-state index contributed by atoms with van der Waals surface area (Å²) in [6.07, 6.45) is -4.77. The fraction of sp³-hybridized carbons (Fsp3) is 0.444. The van der Waals surface area contributed by atoms with Gasteiger partial charge < -0.3 is 9.47 Å². The molecule has 0 saturated heterocycles. The molecular weight excluding hydrogens is 247 g/mol. The Labute approximate surface area is 95.1 Å². The highest BCUT2D eigenvalue weighted by Gasteiger charge is 2.32. The van der Waals surface area contributed by atoms with Crippen LogP contribution in [0.3, 0.4) is 0 Å². The van der Waals surface area contributed by atoms with E-state index in [1.54, 1.807) is 0 Å². The van der Waals surface area contributed by atoms with Gasteiger partial charge in [0.05, 0.1) is 13.0 Å². The molecule has 0 bridgehead atoms. The maximum atomic E-state index is 12.0. The van der Waals surface area contributed by atoms with Gasteiger partial charge >= 0.3 is 6.36 Å². The van der Waals surface area contributed by atoms with Crippen molar-refractivity contribution in [2.75, 3.05) is 7.11 Å². The topological polar surface area (TPSA) is 31.4 Å². The molecule has 0 aliphatic heterocycles. The molecule has 0 atom stereocenters. The van der Waals surface area contributed by atoms with E-state index in [0.717, 1.165) is 6.07 Å². The third kappa shape index (κ3) is 3.16. The minimum Gasteiger partial charge on any atom is -0.496 e. The highest BCUT2D eigenvalue weighted by Crippen LogP contribution is 2.29. The maximum Gasteiger partial charge on any atom is 0.574 e. The first-order chi connectivity index (χ1) is 7.37. The summed E-state index contributed by atoms with van der Waals surface area (Å²) in [7, 11) is 1.34. The van der Waals surface area contributed by atoms with E-state index < -0.39 is 12.2 Å². The molecule has 3 nitrogen and oxygen atoms in total. The van der Waals surface area contributed by atoms with Crippen LogP contribution in [-0.4, -0.2) is 18.5 Å². The first-order valence-corrected chi connectivity index (χ1v) is 4.77. The number of aromatic nitrogens is 1. The predicted octanol–water partition coefficient (Wildman–Crippen LogP) is 3.04. The summed E-state index contributed by atoms with van der Waals surface area (Å²) in [5.41, 5.74) is 0.882. The summed E-state index contributed by atoms with van der Waals surface area (Å²) in [4.78, 5) is 3.63. The molecule has 1 aromatic heterocycles. The number of alkyl halides is 4. The highest BCUT2D eigenvalue weighted by atomic mass is 35.5. The van der Waals surface area contributed by atoms with E-state index >= 15 is 0 Å². The van der Waals surface area contributed by atoms with Crippen LogP contribution in [0, 0.1) is 6.92 Å². The minimum atomic E-state index is -4.77. The lowest BCUT2D eigenvalue weighted by Gasteiger charge is -2.13. The molecule has 0 aliphatic carbocycles. The van der Waals surface area contributed by atoms with E-state index in [4.69, 9.17) is 16.3 Å². The second-order valence-electron chi connectivity index (χ2n) is 2.91. The Morgan fingerprint density at radius 1 is 1.44 bits per heavy atom. The van der Waals surface area contributed by atoms with E-state index in [1.807, 2.05) is 0 Å². The van der Waals surface area contributed by atoms with Crippen LogP contribution in [0.25, 0.3) is 0 Å². The number of halogens is 4. The second kappa shape index (κ2) is 4.78. The molecule has 0 saturated carbocycles. The van der Waals surface area contributed by atoms with Crippen molar-refractivity contribution in [1.82, 2.24) is 4.98 Å². The van der Waals surface area contributed by atoms with Gasteiger partial charge in [0.1, 0.15) is 5.75 Å². The van der Waals surface area contributed by atoms with Gasteiger partial charge in [0.15, 0.2) is 0 Å². The summed E-state index contributed by atoms with van der Waals surface area (Å²) in [5.74, 6) is -0.230. The van der Waals surface area contributed by atoms with E-state index in [2.05, 4.69) is 9.72 Å². The number of pyridine rings is 1. The summed E-state index contributed by atoms with van der Waals surface area (Å²) in [6.45, 7) is 1.53. The molecule has 0 fully saturated rings. The van der Waals surface area contributed by atoms with Crippen LogP contribution in [0.1, 0.15) is 11.3 Å². The van der Waals surface area contributed by atoms with Crippen molar-refractivity contribution >= 4 is 11.6 Å². The number of methoxy groups -OCH3 is 1. The largest absolute Gasteiger partial charge is 0.574 e. The van der Waals surface area contributed by atoms with E-state index in [9.17, 15) is 13.2 Å². The molecule has 90 valence electrons. The number of rotatable bonds is 3. The van der Waals surface area contributed by atoms with Crippen molar-refractivity contribution in [3.8, 4) is 11.6 Å². The number of aryl methyl sites for hydroxylation is 1. The third-order valence-corrected chi connectivity index (χ3v) is 2.11. The summed E-state index contributed by atoms with van der Waals surface area (Å²) in [5, 5.41) is 0. The van der Waals surface area contributed by atoms with Crippen LogP contribution in [0.4, 0.5) is 13.2 Å². The fourth-order valence-corrected chi connectivity index (χ4v) is 1.48. The van der Waals surface area contributed by atoms with Crippen molar-refractivity contribution in [1.29, 1.82) is 0 Å². The molecule has 16 heavy (non-hydrogen) atoms. The van der Waals surface area contributed by atoms with Gasteiger partial charge in [-0.25, -0.2) is 4.98 Å². The molecule has 7 heteroatoms. The first-order valence-electron chi connectivity index (χ1n) is 4.23. The number of hydrogen-bond donors (Lipinski definition) is 0. The Bertz CT molecular complexity index is 382. The molecule has 0 N–H and O–H groups in total. The predicted molar refractivity (Wildman–Crippen MR) is 51.8 cm³/mol. The maximum absolute atomic E-state index is 12.0. The van der Waals surface area contributed by atoms with Gasteiger partial charge in [-0.05, 0) is 6.92 Å². The summed E-state index contributed by atoms with van der Waals surface area (Å²) < 4.78 is 44.5. The van der Waals surface area contributed by atoms with Crippen molar-refractivity contribution in [2.45, 2.75) is 19.2 Å². The first kappa shape index (κ1) is 12.9. The lowest BCUT2D eigenvalue weighted by molar-refractivity contribution is -0.276. The Balaban J connectivity index is 3.10. The number of nitrogens with zero attached hydrogens (tertiary/aromatic N) is 1. The van der Waals surface area contributed by atoms with Crippen LogP contribution in [0.15, 0.2) is 6.07 Å². The Morgan fingerprint density at radius 3 is 2.50 bits per heavy atom. The van der Waals surface area contributed by atoms with Crippen LogP contribution in [-0.2, 0) is 5.88 Å². The normalized spacial score (nSPS) is 11.4. The molecule has 0 aromatic carbocycles. The van der Waals surface area contributed by atoms with Crippen molar-refractivity contribution in [2.24, 2.45) is 0 Å². The quantitative estimate of drug-likeness (QED) is 0.778. The van der Waals surface area contributed by atoms with Crippen molar-refractivity contribution in [3.63, 3.8) is 0 Å². The monoisotopic (exact) mass is 255 g/mol. The molecule has 0 aliphatic rings. The number of hydrogen-bond acceptors (Lipinski definition) is 3. The van der Waals surface area contributed by atoms with Crippen LogP contribution in [0.5, 0.6) is 11.6 Å². The zero-order chi connectivity index (χ0) is 12.3. The molecule has 0 radical (unpaired) electrons. The standard InChI is InChI=1S/C9H9ClF3NO2/c1-5-6(4-10)7(15-2)3-8(14-5)16-9(11,12)13/h3H,4H2,1-2H3. The smallest absolute Gasteiger partial charge is 0.496 e. The molecule has 0 unspecified atom stereocenters. The highest BCUT2D eigenvalue weighted by molar-refractivity contribution is 6.17. The molecule has 0 spiro atoms. The Morgan fingerprint density at radius 2 is 2.06 bits per heavy atom. The third-order valence-electron chi connectivity index (χ3n) is 1.84. The molecule has 1 rings (SSSR count). The van der Waals surface area contributed by atoms with E-state index in [-0.39, 0.29) is 11.6 Å². The molecule has 0 amide bonds. The SMILES string of the molecule is COc1cc(OC(F)(F)F)nc(C)c1CCl. The van der Waals surface area contributed by atoms with Gasteiger partial charge in [0.2, 0.25) is 5.88 Å². The van der Waals surface area contributed by atoms with E-state index in [1.165, 1.54) is 14.0 Å². The van der Waals surface area contributed by atoms with Gasteiger partial charge in [0.25, 0.3) is 0 Å². The van der Waals surface area contributed by atoms with Gasteiger partial charge in [-0.2, -0.15) is 0 Å². The molecular formula is C9H9ClF3NO2. The zero-order valence-corrected chi connectivity index (χ0v) is 9.32. The average molecular weight is 256 g/mol. The van der Waals surface area contributed by atoms with Gasteiger partial charge in [-0.1, -0.05) is 0 Å². The Hall–Kier alpha value is -1.17. The molecule has 1 heterocycles. The average Bonchev–Trinajstić information content (AvgIpc) is 2.14. The lowest BCUT2D eigenvalue weighted by Crippen LogP contribution is -2.18. The summed E-state index contributed by atoms with van der Waals surface area (Å²) in [6, 6.07) is 1.05. The van der Waals surface area contributed by atoms with Gasteiger partial charge in [-0.15, -0.1) is 24.8 Å². The van der Waals surface area contributed by atoms with Crippen molar-refractivity contribution < 1.29 is 22.6 Å². The number of ether oxygens (including phenoxy) is 2. The van der Waals surface area contributed by atoms with Crippen LogP contribution in [0.2, 0.25) is 0 Å². The molecule has 1 aromatic rings. The lowest BCUT2D eigenvalue weighted by atomic mass is 10.2. The minimum absolute atomic E-state index is 0.105. The van der Waals surface area contributed by atoms with Gasteiger partial charge in [0, 0.05) is 17.3 Å². The van der Waals surface area contributed by atoms with Gasteiger partial charge in [-0.3, -0.25) is 0 Å². The van der Waals surface area contributed by atoms with Crippen LogP contribution < -0.4 is 9.47 Å². The zero-order valence-electron chi connectivity index (χ0n) is 8.56. The van der Waals surface area contributed by atoms with Crippen LogP contribution >= 0.6 is 11.6 Å². The van der Waals surface area contributed by atoms with E-state index in [0.29, 0.717) is 11.3 Å². The Kier molecular flexibility index (Phi) is 3.85. The van der Waals surface area contributed by atoms with Crippen molar-refractivity contribution in [3.05, 3.63) is 17.3 Å². The fourth-order valence-electron chi connectivity index (χ4n) is 1.16. The summed E-state index contributed by atoms with van der Waals surface area (Å²) >= 11 is 5.62. The second-order valence-corrected chi connectivity index (χ2v) is 3.18.